The predicted molar refractivity (Wildman–Crippen MR) is 88.5 cm³/mol. The molecular weight excluding hydrogens is 336 g/mol. The standard InChI is InChI=1S/C17H18N6O3/c1-10-14(16-20-15(21-26-16)11-4-5-11)22(7-8-25-10)17(24)12-9-19-23-13(12)3-2-6-18-23/h2-3,6,9-11,14H,4-5,7-8H2,1H3/t10-,14+/m1/s1. The third-order valence-corrected chi connectivity index (χ3v) is 4.94. The molecule has 1 saturated heterocycles. The monoisotopic (exact) mass is 354 g/mol. The van der Waals surface area contributed by atoms with E-state index in [1.54, 1.807) is 23.4 Å². The minimum absolute atomic E-state index is 0.140. The second kappa shape index (κ2) is 5.87. The van der Waals surface area contributed by atoms with Crippen molar-refractivity contribution < 1.29 is 14.1 Å². The maximum atomic E-state index is 13.3. The van der Waals surface area contributed by atoms with Crippen molar-refractivity contribution in [2.24, 2.45) is 0 Å². The summed E-state index contributed by atoms with van der Waals surface area (Å²) in [7, 11) is 0. The SMILES string of the molecule is C[C@H]1OCCN(C(=O)c2cnn3ncccc23)[C@@H]1c1nc(C2CC2)no1. The van der Waals surface area contributed by atoms with Gasteiger partial charge in [-0.1, -0.05) is 5.16 Å². The summed E-state index contributed by atoms with van der Waals surface area (Å²) < 4.78 is 12.7. The van der Waals surface area contributed by atoms with Gasteiger partial charge < -0.3 is 14.2 Å². The summed E-state index contributed by atoms with van der Waals surface area (Å²) in [6.07, 6.45) is 5.12. The molecule has 2 atom stereocenters. The summed E-state index contributed by atoms with van der Waals surface area (Å²) >= 11 is 0. The van der Waals surface area contributed by atoms with Crippen LogP contribution in [0.1, 0.15) is 53.8 Å². The maximum absolute atomic E-state index is 13.3. The number of rotatable bonds is 3. The van der Waals surface area contributed by atoms with Gasteiger partial charge in [-0.15, -0.1) is 0 Å². The van der Waals surface area contributed by atoms with Crippen LogP contribution in [0.2, 0.25) is 0 Å². The van der Waals surface area contributed by atoms with Crippen LogP contribution >= 0.6 is 0 Å². The lowest BCUT2D eigenvalue weighted by atomic mass is 10.1. The van der Waals surface area contributed by atoms with Gasteiger partial charge in [-0.3, -0.25) is 4.79 Å². The van der Waals surface area contributed by atoms with Crippen LogP contribution in [0.5, 0.6) is 0 Å². The number of carbonyl (C=O) groups is 1. The molecule has 4 heterocycles. The first-order valence-electron chi connectivity index (χ1n) is 8.77. The van der Waals surface area contributed by atoms with Crippen molar-refractivity contribution in [2.45, 2.75) is 37.8 Å². The third-order valence-electron chi connectivity index (χ3n) is 4.94. The lowest BCUT2D eigenvalue weighted by molar-refractivity contribution is -0.0599. The molecule has 9 heteroatoms. The predicted octanol–water partition coefficient (Wildman–Crippen LogP) is 1.59. The van der Waals surface area contributed by atoms with Crippen LogP contribution in [0.25, 0.3) is 5.52 Å². The third kappa shape index (κ3) is 2.47. The van der Waals surface area contributed by atoms with Gasteiger partial charge in [0, 0.05) is 18.7 Å². The van der Waals surface area contributed by atoms with Crippen LogP contribution in [0.15, 0.2) is 29.0 Å². The number of ether oxygens (including phenoxy) is 1. The maximum Gasteiger partial charge on any atom is 0.258 e. The number of aromatic nitrogens is 5. The highest BCUT2D eigenvalue weighted by Crippen LogP contribution is 2.39. The smallest absolute Gasteiger partial charge is 0.258 e. The average molecular weight is 354 g/mol. The number of carbonyl (C=O) groups excluding carboxylic acids is 1. The fourth-order valence-electron chi connectivity index (χ4n) is 3.41. The highest BCUT2D eigenvalue weighted by molar-refractivity contribution is 6.00. The molecule has 1 amide bonds. The van der Waals surface area contributed by atoms with Gasteiger partial charge in [-0.25, -0.2) is 0 Å². The number of amides is 1. The van der Waals surface area contributed by atoms with Crippen molar-refractivity contribution >= 4 is 11.4 Å². The number of morpholine rings is 1. The summed E-state index contributed by atoms with van der Waals surface area (Å²) in [5.41, 5.74) is 1.17. The Morgan fingerprint density at radius 3 is 3.04 bits per heavy atom. The molecule has 0 radical (unpaired) electrons. The normalized spacial score (nSPS) is 23.5. The topological polar surface area (TPSA) is 98.7 Å². The molecular formula is C17H18N6O3. The Balaban J connectivity index is 1.51. The van der Waals surface area contributed by atoms with Gasteiger partial charge in [-0.2, -0.15) is 19.8 Å². The lowest BCUT2D eigenvalue weighted by Gasteiger charge is -2.37. The Labute approximate surface area is 148 Å². The van der Waals surface area contributed by atoms with E-state index in [9.17, 15) is 4.79 Å². The largest absolute Gasteiger partial charge is 0.374 e. The first-order valence-corrected chi connectivity index (χ1v) is 8.77. The van der Waals surface area contributed by atoms with Crippen molar-refractivity contribution in [1.29, 1.82) is 0 Å². The first kappa shape index (κ1) is 15.4. The number of hydrogen-bond acceptors (Lipinski definition) is 7. The zero-order chi connectivity index (χ0) is 17.7. The molecule has 2 aliphatic rings. The summed E-state index contributed by atoms with van der Waals surface area (Å²) in [6, 6.07) is 3.19. The molecule has 134 valence electrons. The summed E-state index contributed by atoms with van der Waals surface area (Å²) in [4.78, 5) is 19.5. The van der Waals surface area contributed by atoms with E-state index in [0.717, 1.165) is 18.7 Å². The zero-order valence-electron chi connectivity index (χ0n) is 14.3. The Kier molecular flexibility index (Phi) is 3.49. The van der Waals surface area contributed by atoms with E-state index in [-0.39, 0.29) is 12.0 Å². The van der Waals surface area contributed by atoms with Crippen molar-refractivity contribution in [3.63, 3.8) is 0 Å². The second-order valence-corrected chi connectivity index (χ2v) is 6.74. The van der Waals surface area contributed by atoms with Crippen molar-refractivity contribution in [2.75, 3.05) is 13.2 Å². The van der Waals surface area contributed by atoms with E-state index in [1.165, 1.54) is 4.63 Å². The second-order valence-electron chi connectivity index (χ2n) is 6.74. The Morgan fingerprint density at radius 2 is 2.19 bits per heavy atom. The van der Waals surface area contributed by atoms with E-state index >= 15 is 0 Å². The molecule has 0 bridgehead atoms. The van der Waals surface area contributed by atoms with Gasteiger partial charge in [0.15, 0.2) is 5.82 Å². The Bertz CT molecular complexity index is 962. The molecule has 0 aromatic carbocycles. The molecule has 3 aromatic heterocycles. The Hall–Kier alpha value is -2.81. The molecule has 1 saturated carbocycles. The molecule has 0 N–H and O–H groups in total. The van der Waals surface area contributed by atoms with Crippen LogP contribution in [0.4, 0.5) is 0 Å². The lowest BCUT2D eigenvalue weighted by Crippen LogP contribution is -2.47. The van der Waals surface area contributed by atoms with Crippen molar-refractivity contribution in [3.05, 3.63) is 41.8 Å². The first-order chi connectivity index (χ1) is 12.7. The van der Waals surface area contributed by atoms with E-state index in [0.29, 0.717) is 36.0 Å². The molecule has 3 aromatic rings. The van der Waals surface area contributed by atoms with Crippen LogP contribution < -0.4 is 0 Å². The number of fused-ring (bicyclic) bond motifs is 1. The van der Waals surface area contributed by atoms with Gasteiger partial charge in [0.1, 0.15) is 11.6 Å². The van der Waals surface area contributed by atoms with Gasteiger partial charge in [0.2, 0.25) is 0 Å². The van der Waals surface area contributed by atoms with Crippen molar-refractivity contribution in [3.8, 4) is 0 Å². The quantitative estimate of drug-likeness (QED) is 0.704. The summed E-state index contributed by atoms with van der Waals surface area (Å²) in [5, 5.41) is 12.4. The molecule has 0 unspecified atom stereocenters. The van der Waals surface area contributed by atoms with Crippen LogP contribution in [-0.4, -0.2) is 55.0 Å². The molecule has 2 fully saturated rings. The van der Waals surface area contributed by atoms with E-state index in [2.05, 4.69) is 20.3 Å². The molecule has 1 aliphatic heterocycles. The minimum Gasteiger partial charge on any atom is -0.374 e. The zero-order valence-corrected chi connectivity index (χ0v) is 14.3. The van der Waals surface area contributed by atoms with Crippen LogP contribution in [0.3, 0.4) is 0 Å². The van der Waals surface area contributed by atoms with Gasteiger partial charge in [-0.05, 0) is 31.9 Å². The molecule has 9 nitrogen and oxygen atoms in total. The molecule has 26 heavy (non-hydrogen) atoms. The van der Waals surface area contributed by atoms with Crippen LogP contribution in [0, 0.1) is 0 Å². The summed E-state index contributed by atoms with van der Waals surface area (Å²) in [6.45, 7) is 2.83. The van der Waals surface area contributed by atoms with Crippen LogP contribution in [-0.2, 0) is 4.74 Å². The fourth-order valence-corrected chi connectivity index (χ4v) is 3.41. The number of hydrogen-bond donors (Lipinski definition) is 0. The molecule has 0 spiro atoms. The average Bonchev–Trinajstić information content (AvgIpc) is 3.24. The van der Waals surface area contributed by atoms with E-state index in [1.807, 2.05) is 13.0 Å². The molecule has 1 aliphatic carbocycles. The van der Waals surface area contributed by atoms with Gasteiger partial charge in [0.25, 0.3) is 11.8 Å². The fraction of sp³-hybridized carbons (Fsp3) is 0.471. The highest BCUT2D eigenvalue weighted by atomic mass is 16.5. The summed E-state index contributed by atoms with van der Waals surface area (Å²) in [5.74, 6) is 1.41. The molecule has 5 rings (SSSR count). The number of nitrogens with zero attached hydrogens (tertiary/aromatic N) is 6. The van der Waals surface area contributed by atoms with E-state index in [4.69, 9.17) is 9.26 Å². The van der Waals surface area contributed by atoms with E-state index < -0.39 is 6.04 Å². The Morgan fingerprint density at radius 1 is 1.31 bits per heavy atom. The van der Waals surface area contributed by atoms with Crippen molar-refractivity contribution in [1.82, 2.24) is 29.9 Å². The van der Waals surface area contributed by atoms with Gasteiger partial charge in [0.05, 0.1) is 24.5 Å². The van der Waals surface area contributed by atoms with Gasteiger partial charge >= 0.3 is 0 Å². The minimum atomic E-state index is -0.414. The highest BCUT2D eigenvalue weighted by Gasteiger charge is 2.40.